The van der Waals surface area contributed by atoms with Crippen LogP contribution in [0.1, 0.15) is 16.8 Å². The number of rotatable bonds is 3. The van der Waals surface area contributed by atoms with Crippen molar-refractivity contribution < 1.29 is 35.8 Å². The Morgan fingerprint density at radius 1 is 1.18 bits per heavy atom. The number of sulfonamides is 1. The van der Waals surface area contributed by atoms with Crippen LogP contribution in [0.3, 0.4) is 0 Å². The molecule has 22 heavy (non-hydrogen) atoms. The van der Waals surface area contributed by atoms with Crippen LogP contribution in [0.5, 0.6) is 5.75 Å². The number of hydrogen-bond acceptors (Lipinski definition) is 5. The molecule has 0 unspecified atom stereocenters. The molecular weight excluding hydrogens is 332 g/mol. The van der Waals surface area contributed by atoms with Crippen molar-refractivity contribution in [2.45, 2.75) is 11.3 Å². The minimum Gasteiger partial charge on any atom is -1.00 e. The van der Waals surface area contributed by atoms with E-state index in [2.05, 4.69) is 4.90 Å². The second kappa shape index (κ2) is 7.28. The normalized spacial score (nSPS) is 17.5. The fourth-order valence-corrected chi connectivity index (χ4v) is 3.76. The minimum absolute atomic E-state index is 0. The van der Waals surface area contributed by atoms with Gasteiger partial charge in [0.05, 0.1) is 4.90 Å². The number of carbonyl (C=O) groups is 1. The van der Waals surface area contributed by atoms with Gasteiger partial charge in [0.1, 0.15) is 11.3 Å². The van der Waals surface area contributed by atoms with E-state index in [0.717, 1.165) is 25.1 Å². The maximum atomic E-state index is 12.6. The van der Waals surface area contributed by atoms with Gasteiger partial charge in [-0.25, -0.2) is 13.2 Å². The molecule has 1 aromatic carbocycles. The van der Waals surface area contributed by atoms with E-state index in [1.54, 1.807) is 0 Å². The highest BCUT2D eigenvalue weighted by Gasteiger charge is 2.27. The molecule has 1 fully saturated rings. The van der Waals surface area contributed by atoms with Gasteiger partial charge in [0.25, 0.3) is 0 Å². The lowest BCUT2D eigenvalue weighted by Gasteiger charge is -2.20. The summed E-state index contributed by atoms with van der Waals surface area (Å²) in [5.74, 6) is -1.81. The van der Waals surface area contributed by atoms with Gasteiger partial charge in [0, 0.05) is 19.6 Å². The number of benzene rings is 1. The van der Waals surface area contributed by atoms with E-state index in [1.165, 1.54) is 10.4 Å². The van der Waals surface area contributed by atoms with Crippen LogP contribution in [0, 0.1) is 0 Å². The van der Waals surface area contributed by atoms with Gasteiger partial charge >= 0.3 is 5.97 Å². The summed E-state index contributed by atoms with van der Waals surface area (Å²) in [6.45, 7) is 2.21. The molecule has 0 aromatic heterocycles. The number of hydrogen-bond donors (Lipinski definition) is 2. The zero-order chi connectivity index (χ0) is 15.6. The summed E-state index contributed by atoms with van der Waals surface area (Å²) in [6, 6.07) is 3.33. The first-order chi connectivity index (χ1) is 9.82. The van der Waals surface area contributed by atoms with Gasteiger partial charge in [-0.2, -0.15) is 4.31 Å². The van der Waals surface area contributed by atoms with E-state index in [1.807, 2.05) is 7.05 Å². The number of aromatic hydroxyl groups is 1. The Kier molecular flexibility index (Phi) is 6.18. The molecule has 1 heterocycles. The van der Waals surface area contributed by atoms with Crippen LogP contribution in [0.2, 0.25) is 0 Å². The number of nitrogens with zero attached hydrogens (tertiary/aromatic N) is 2. The summed E-state index contributed by atoms with van der Waals surface area (Å²) in [5, 5.41) is 18.4. The highest BCUT2D eigenvalue weighted by Crippen LogP contribution is 2.24. The Balaban J connectivity index is 0.00000242. The third kappa shape index (κ3) is 3.89. The molecule has 0 amide bonds. The summed E-state index contributed by atoms with van der Waals surface area (Å²) in [6.07, 6.45) is 0.722. The van der Waals surface area contributed by atoms with Crippen LogP contribution in [0.4, 0.5) is 0 Å². The third-order valence-corrected chi connectivity index (χ3v) is 5.41. The summed E-state index contributed by atoms with van der Waals surface area (Å²) in [7, 11) is -1.82. The van der Waals surface area contributed by atoms with Gasteiger partial charge in [0.2, 0.25) is 10.0 Å². The summed E-state index contributed by atoms with van der Waals surface area (Å²) < 4.78 is 26.5. The van der Waals surface area contributed by atoms with Gasteiger partial charge in [-0.15, -0.1) is 0 Å². The fourth-order valence-electron chi connectivity index (χ4n) is 2.26. The van der Waals surface area contributed by atoms with Gasteiger partial charge in [-0.3, -0.25) is 0 Å². The Bertz CT molecular complexity index is 650. The molecule has 1 aromatic rings. The van der Waals surface area contributed by atoms with Crippen molar-refractivity contribution in [1.29, 1.82) is 0 Å². The number of halogens is 1. The Hall–Kier alpha value is -1.35. The summed E-state index contributed by atoms with van der Waals surface area (Å²) in [5.41, 5.74) is -0.414. The molecule has 2 N–H and O–H groups in total. The van der Waals surface area contributed by atoms with Crippen molar-refractivity contribution in [3.63, 3.8) is 0 Å². The molecule has 7 nitrogen and oxygen atoms in total. The molecule has 124 valence electrons. The van der Waals surface area contributed by atoms with E-state index in [4.69, 9.17) is 5.11 Å². The Labute approximate surface area is 135 Å². The number of phenols is 1. The zero-order valence-electron chi connectivity index (χ0n) is 12.1. The number of carboxylic acids is 1. The minimum atomic E-state index is -3.75. The van der Waals surface area contributed by atoms with E-state index in [9.17, 15) is 18.3 Å². The van der Waals surface area contributed by atoms with Crippen molar-refractivity contribution in [2.24, 2.45) is 0 Å². The largest absolute Gasteiger partial charge is 1.00 e. The van der Waals surface area contributed by atoms with Gasteiger partial charge < -0.3 is 27.5 Å². The summed E-state index contributed by atoms with van der Waals surface area (Å²) in [4.78, 5) is 12.9. The van der Waals surface area contributed by atoms with E-state index < -0.39 is 27.3 Å². The molecule has 0 spiro atoms. The topological polar surface area (TPSA) is 98.2 Å². The average Bonchev–Trinajstić information content (AvgIpc) is 2.63. The quantitative estimate of drug-likeness (QED) is 0.622. The fraction of sp³-hybridized carbons (Fsp3) is 0.462. The second-order valence-electron chi connectivity index (χ2n) is 5.05. The number of likely N-dealkylation sites (N-methyl/N-ethyl adjacent to an activating group) is 1. The number of carboxylic acid groups (broad SMARTS) is 1. The molecule has 9 heteroatoms. The SMILES string of the molecule is CN1CCCN(S(=O)(=O)c2ccc(O)c(C(=O)O)c2)CC1.[Cl-]. The van der Waals surface area contributed by atoms with E-state index >= 15 is 0 Å². The predicted octanol–water partition coefficient (Wildman–Crippen LogP) is -2.58. The monoisotopic (exact) mass is 349 g/mol. The lowest BCUT2D eigenvalue weighted by atomic mass is 10.2. The first-order valence-electron chi connectivity index (χ1n) is 6.57. The van der Waals surface area contributed by atoms with Crippen LogP contribution in [0.25, 0.3) is 0 Å². The molecule has 0 aliphatic carbocycles. The van der Waals surface area contributed by atoms with Crippen LogP contribution in [-0.2, 0) is 10.0 Å². The molecule has 0 bridgehead atoms. The van der Waals surface area contributed by atoms with Crippen LogP contribution in [0.15, 0.2) is 23.1 Å². The molecule has 1 aliphatic heterocycles. The molecule has 0 radical (unpaired) electrons. The zero-order valence-corrected chi connectivity index (χ0v) is 13.6. The highest BCUT2D eigenvalue weighted by atomic mass is 35.5. The van der Waals surface area contributed by atoms with Crippen molar-refractivity contribution in [3.05, 3.63) is 23.8 Å². The van der Waals surface area contributed by atoms with Crippen LogP contribution >= 0.6 is 0 Å². The van der Waals surface area contributed by atoms with Crippen LogP contribution < -0.4 is 12.4 Å². The van der Waals surface area contributed by atoms with E-state index in [-0.39, 0.29) is 17.3 Å². The van der Waals surface area contributed by atoms with Crippen molar-refractivity contribution in [3.8, 4) is 5.75 Å². The molecule has 2 rings (SSSR count). The van der Waals surface area contributed by atoms with Crippen molar-refractivity contribution in [2.75, 3.05) is 33.2 Å². The number of aromatic carboxylic acids is 1. The molecule has 1 aliphatic rings. The van der Waals surface area contributed by atoms with Gasteiger partial charge in [-0.1, -0.05) is 0 Å². The molecule has 0 saturated carbocycles. The average molecular weight is 350 g/mol. The van der Waals surface area contributed by atoms with Crippen molar-refractivity contribution in [1.82, 2.24) is 9.21 Å². The maximum Gasteiger partial charge on any atom is 0.339 e. The van der Waals surface area contributed by atoms with Crippen LogP contribution in [-0.4, -0.2) is 67.0 Å². The van der Waals surface area contributed by atoms with Gasteiger partial charge in [0.15, 0.2) is 0 Å². The molecular formula is C13H18ClN2O5S-. The Morgan fingerprint density at radius 2 is 1.86 bits per heavy atom. The van der Waals surface area contributed by atoms with E-state index in [0.29, 0.717) is 19.6 Å². The Morgan fingerprint density at radius 3 is 2.50 bits per heavy atom. The lowest BCUT2D eigenvalue weighted by molar-refractivity contribution is -0.0000242. The predicted molar refractivity (Wildman–Crippen MR) is 75.9 cm³/mol. The first kappa shape index (κ1) is 18.7. The second-order valence-corrected chi connectivity index (χ2v) is 6.98. The standard InChI is InChI=1S/C13H18N2O5S.ClH/c1-14-5-2-6-15(8-7-14)21(19,20)10-3-4-12(16)11(9-10)13(17)18;/h3-4,9,16H,2,5-8H2,1H3,(H,17,18);1H/p-1. The molecule has 0 atom stereocenters. The lowest BCUT2D eigenvalue weighted by Crippen LogP contribution is -3.00. The first-order valence-corrected chi connectivity index (χ1v) is 8.01. The van der Waals surface area contributed by atoms with Crippen molar-refractivity contribution >= 4 is 16.0 Å². The highest BCUT2D eigenvalue weighted by molar-refractivity contribution is 7.89. The summed E-state index contributed by atoms with van der Waals surface area (Å²) >= 11 is 0. The maximum absolute atomic E-state index is 12.6. The smallest absolute Gasteiger partial charge is 0.339 e. The third-order valence-electron chi connectivity index (χ3n) is 3.51. The van der Waals surface area contributed by atoms with Gasteiger partial charge in [-0.05, 0) is 38.2 Å². The molecule has 1 saturated heterocycles.